The minimum absolute atomic E-state index is 0.161. The van der Waals surface area contributed by atoms with Crippen LogP contribution in [0.1, 0.15) is 25.0 Å². The zero-order valence-corrected chi connectivity index (χ0v) is 20.9. The Labute approximate surface area is 215 Å². The van der Waals surface area contributed by atoms with E-state index in [0.717, 1.165) is 39.0 Å². The van der Waals surface area contributed by atoms with Crippen molar-refractivity contribution in [2.24, 2.45) is 0 Å². The minimum atomic E-state index is -0.161. The first-order valence-electron chi connectivity index (χ1n) is 12.2. The van der Waals surface area contributed by atoms with Crippen LogP contribution in [0.4, 0.5) is 17.1 Å². The number of furan rings is 1. The second kappa shape index (κ2) is 7.74. The Balaban J connectivity index is 1.59. The summed E-state index contributed by atoms with van der Waals surface area (Å²) in [5.74, 6) is 0. The van der Waals surface area contributed by atoms with Gasteiger partial charge in [0.2, 0.25) is 0 Å². The van der Waals surface area contributed by atoms with Crippen molar-refractivity contribution in [3.8, 4) is 11.1 Å². The van der Waals surface area contributed by atoms with Crippen LogP contribution >= 0.6 is 11.6 Å². The molecule has 0 unspecified atom stereocenters. The van der Waals surface area contributed by atoms with Crippen LogP contribution in [0, 0.1) is 0 Å². The molecule has 1 aliphatic rings. The zero-order valence-electron chi connectivity index (χ0n) is 20.1. The molecule has 36 heavy (non-hydrogen) atoms. The molecule has 0 radical (unpaired) electrons. The number of para-hydroxylation sites is 1. The maximum atomic E-state index is 6.56. The van der Waals surface area contributed by atoms with E-state index >= 15 is 0 Å². The van der Waals surface area contributed by atoms with Crippen LogP contribution in [0.2, 0.25) is 5.02 Å². The van der Waals surface area contributed by atoms with Gasteiger partial charge in [-0.3, -0.25) is 0 Å². The molecule has 0 fully saturated rings. The first-order valence-corrected chi connectivity index (χ1v) is 12.6. The van der Waals surface area contributed by atoms with Gasteiger partial charge in [-0.1, -0.05) is 92.2 Å². The number of hydrogen-bond donors (Lipinski definition) is 0. The van der Waals surface area contributed by atoms with Gasteiger partial charge >= 0.3 is 0 Å². The molecule has 3 heteroatoms. The van der Waals surface area contributed by atoms with Gasteiger partial charge in [-0.2, -0.15) is 0 Å². The lowest BCUT2D eigenvalue weighted by Gasteiger charge is -2.32. The van der Waals surface area contributed by atoms with E-state index in [0.29, 0.717) is 5.02 Å². The Bertz CT molecular complexity index is 1800. The Morgan fingerprint density at radius 3 is 2.25 bits per heavy atom. The van der Waals surface area contributed by atoms with Crippen molar-refractivity contribution in [2.75, 3.05) is 4.90 Å². The molecule has 1 aliphatic carbocycles. The third-order valence-electron chi connectivity index (χ3n) is 7.49. The highest BCUT2D eigenvalue weighted by Gasteiger charge is 2.39. The molecule has 1 aromatic heterocycles. The number of anilines is 3. The van der Waals surface area contributed by atoms with Gasteiger partial charge in [-0.15, -0.1) is 0 Å². The zero-order chi connectivity index (χ0) is 24.4. The Morgan fingerprint density at radius 2 is 1.36 bits per heavy atom. The second-order valence-electron chi connectivity index (χ2n) is 9.93. The van der Waals surface area contributed by atoms with Gasteiger partial charge in [0.15, 0.2) is 0 Å². The molecule has 0 saturated carbocycles. The van der Waals surface area contributed by atoms with Gasteiger partial charge in [-0.05, 0) is 64.7 Å². The van der Waals surface area contributed by atoms with Gasteiger partial charge in [0.1, 0.15) is 11.2 Å². The van der Waals surface area contributed by atoms with Crippen LogP contribution in [0.15, 0.2) is 114 Å². The molecule has 6 aromatic rings. The lowest BCUT2D eigenvalue weighted by Crippen LogP contribution is -2.20. The molecular weight excluding hydrogens is 462 g/mol. The predicted octanol–water partition coefficient (Wildman–Crippen LogP) is 10.0. The molecule has 0 atom stereocenters. The molecule has 0 N–H and O–H groups in total. The van der Waals surface area contributed by atoms with Crippen molar-refractivity contribution >= 4 is 50.6 Å². The van der Waals surface area contributed by atoms with Gasteiger partial charge in [0, 0.05) is 21.5 Å². The van der Waals surface area contributed by atoms with Gasteiger partial charge in [0.05, 0.1) is 16.8 Å². The molecule has 7 rings (SSSR count). The molecular formula is C33H24ClNO. The standard InChI is InChI=1S/C33H24ClNO/c1-33(2)26-15-5-3-12-23(26)24-14-8-17-28(32(24)33)35(22-11-7-10-21(34)20-22)27-16-9-19-30-31(27)25-13-4-6-18-29(25)36-30/h3-20H,1-2H3. The summed E-state index contributed by atoms with van der Waals surface area (Å²) in [6.07, 6.45) is 0. The highest BCUT2D eigenvalue weighted by Crippen LogP contribution is 2.55. The van der Waals surface area contributed by atoms with Crippen molar-refractivity contribution in [2.45, 2.75) is 19.3 Å². The van der Waals surface area contributed by atoms with Gasteiger partial charge in [0.25, 0.3) is 0 Å². The summed E-state index contributed by atoms with van der Waals surface area (Å²) in [5.41, 5.74) is 10.1. The van der Waals surface area contributed by atoms with Crippen molar-refractivity contribution in [1.29, 1.82) is 0 Å². The maximum Gasteiger partial charge on any atom is 0.137 e. The summed E-state index contributed by atoms with van der Waals surface area (Å²) >= 11 is 6.56. The van der Waals surface area contributed by atoms with Crippen LogP contribution in [-0.2, 0) is 5.41 Å². The van der Waals surface area contributed by atoms with E-state index in [1.54, 1.807) is 0 Å². The average molecular weight is 486 g/mol. The largest absolute Gasteiger partial charge is 0.456 e. The summed E-state index contributed by atoms with van der Waals surface area (Å²) < 4.78 is 6.27. The molecule has 0 bridgehead atoms. The van der Waals surface area contributed by atoms with E-state index in [1.807, 2.05) is 36.4 Å². The second-order valence-corrected chi connectivity index (χ2v) is 10.4. The van der Waals surface area contributed by atoms with E-state index in [2.05, 4.69) is 91.5 Å². The number of rotatable bonds is 3. The van der Waals surface area contributed by atoms with Crippen LogP contribution in [0.25, 0.3) is 33.1 Å². The van der Waals surface area contributed by atoms with Crippen LogP contribution in [0.5, 0.6) is 0 Å². The topological polar surface area (TPSA) is 16.4 Å². The third-order valence-corrected chi connectivity index (χ3v) is 7.72. The summed E-state index contributed by atoms with van der Waals surface area (Å²) in [5, 5.41) is 2.90. The molecule has 0 amide bonds. The lowest BCUT2D eigenvalue weighted by molar-refractivity contribution is 0.661. The number of benzene rings is 5. The molecule has 5 aromatic carbocycles. The van der Waals surface area contributed by atoms with E-state index in [4.69, 9.17) is 16.0 Å². The van der Waals surface area contributed by atoms with E-state index in [1.165, 1.54) is 22.3 Å². The summed E-state index contributed by atoms with van der Waals surface area (Å²) in [6, 6.07) is 38.1. The summed E-state index contributed by atoms with van der Waals surface area (Å²) in [4.78, 5) is 2.35. The van der Waals surface area contributed by atoms with Gasteiger partial charge < -0.3 is 9.32 Å². The number of nitrogens with zero attached hydrogens (tertiary/aromatic N) is 1. The normalized spacial score (nSPS) is 13.6. The van der Waals surface area contributed by atoms with Crippen LogP contribution in [0.3, 0.4) is 0 Å². The monoisotopic (exact) mass is 485 g/mol. The molecule has 2 nitrogen and oxygen atoms in total. The highest BCUT2D eigenvalue weighted by molar-refractivity contribution is 6.31. The van der Waals surface area contributed by atoms with Crippen molar-refractivity contribution in [3.63, 3.8) is 0 Å². The fraction of sp³-hybridized carbons (Fsp3) is 0.0909. The van der Waals surface area contributed by atoms with Crippen LogP contribution < -0.4 is 4.90 Å². The SMILES string of the molecule is CC1(C)c2ccccc2-c2cccc(N(c3cccc(Cl)c3)c3cccc4oc5ccccc5c34)c21. The fourth-order valence-corrected chi connectivity index (χ4v) is 6.16. The molecule has 0 spiro atoms. The van der Waals surface area contributed by atoms with Crippen molar-refractivity contribution in [3.05, 3.63) is 125 Å². The van der Waals surface area contributed by atoms with E-state index in [-0.39, 0.29) is 5.41 Å². The molecule has 1 heterocycles. The third kappa shape index (κ3) is 2.98. The van der Waals surface area contributed by atoms with Crippen LogP contribution in [-0.4, -0.2) is 0 Å². The Kier molecular flexibility index (Phi) is 4.58. The Morgan fingerprint density at radius 1 is 0.667 bits per heavy atom. The molecule has 0 aliphatic heterocycles. The summed E-state index contributed by atoms with van der Waals surface area (Å²) in [7, 11) is 0. The number of halogens is 1. The molecule has 0 saturated heterocycles. The summed E-state index contributed by atoms with van der Waals surface area (Å²) in [6.45, 7) is 4.65. The fourth-order valence-electron chi connectivity index (χ4n) is 5.97. The average Bonchev–Trinajstić information content (AvgIpc) is 3.38. The van der Waals surface area contributed by atoms with E-state index in [9.17, 15) is 0 Å². The number of fused-ring (bicyclic) bond motifs is 6. The van der Waals surface area contributed by atoms with Gasteiger partial charge in [-0.25, -0.2) is 0 Å². The van der Waals surface area contributed by atoms with E-state index < -0.39 is 0 Å². The lowest BCUT2D eigenvalue weighted by atomic mass is 9.81. The minimum Gasteiger partial charge on any atom is -0.456 e. The highest BCUT2D eigenvalue weighted by atomic mass is 35.5. The molecule has 174 valence electrons. The predicted molar refractivity (Wildman–Crippen MR) is 151 cm³/mol. The van der Waals surface area contributed by atoms with Crippen molar-refractivity contribution in [1.82, 2.24) is 0 Å². The Hall–Kier alpha value is -4.01. The first-order chi connectivity index (χ1) is 17.5. The first kappa shape index (κ1) is 21.3. The maximum absolute atomic E-state index is 6.56. The van der Waals surface area contributed by atoms with Crippen molar-refractivity contribution < 1.29 is 4.42 Å². The quantitative estimate of drug-likeness (QED) is 0.248. The number of hydrogen-bond acceptors (Lipinski definition) is 2. The smallest absolute Gasteiger partial charge is 0.137 e.